The molecule has 0 amide bonds. The SMILES string of the molecule is CCN(C)CCc1ccc(CN(CC)C2C=C(OC)C(OC)=CC2[C@@H]2CCc3cc(O)ccc3C2)cc1. The molecule has 3 atom stereocenters. The van der Waals surface area contributed by atoms with Crippen molar-refractivity contribution in [1.29, 1.82) is 0 Å². The van der Waals surface area contributed by atoms with E-state index >= 15 is 0 Å². The minimum atomic E-state index is 0.223. The van der Waals surface area contributed by atoms with Crippen LogP contribution in [0.5, 0.6) is 5.75 Å². The molecule has 200 valence electrons. The highest BCUT2D eigenvalue weighted by Crippen LogP contribution is 2.39. The lowest BCUT2D eigenvalue weighted by Crippen LogP contribution is -2.44. The number of hydrogen-bond donors (Lipinski definition) is 1. The van der Waals surface area contributed by atoms with Crippen LogP contribution >= 0.6 is 0 Å². The number of phenolic OH excluding ortho intramolecular Hbond substituents is 1. The smallest absolute Gasteiger partial charge is 0.158 e. The molecule has 2 aliphatic carbocycles. The van der Waals surface area contributed by atoms with E-state index in [2.05, 4.69) is 73.2 Å². The normalized spacial score (nSPS) is 21.4. The van der Waals surface area contributed by atoms with Crippen molar-refractivity contribution in [2.75, 3.05) is 40.9 Å². The molecule has 4 rings (SSSR count). The number of methoxy groups -OCH3 is 2. The summed E-state index contributed by atoms with van der Waals surface area (Å²) in [6, 6.07) is 15.2. The van der Waals surface area contributed by atoms with Crippen LogP contribution in [0.15, 0.2) is 66.1 Å². The summed E-state index contributed by atoms with van der Waals surface area (Å²) in [6.07, 6.45) is 8.76. The van der Waals surface area contributed by atoms with Gasteiger partial charge in [-0.3, -0.25) is 4.90 Å². The van der Waals surface area contributed by atoms with Crippen LogP contribution in [-0.4, -0.2) is 61.8 Å². The molecule has 5 heteroatoms. The van der Waals surface area contributed by atoms with Gasteiger partial charge in [-0.1, -0.05) is 44.2 Å². The van der Waals surface area contributed by atoms with Crippen molar-refractivity contribution in [3.63, 3.8) is 0 Å². The van der Waals surface area contributed by atoms with E-state index in [9.17, 15) is 5.11 Å². The van der Waals surface area contributed by atoms with Crippen LogP contribution in [0.1, 0.15) is 42.5 Å². The van der Waals surface area contributed by atoms with Crippen LogP contribution < -0.4 is 0 Å². The predicted molar refractivity (Wildman–Crippen MR) is 150 cm³/mol. The van der Waals surface area contributed by atoms with E-state index in [0.29, 0.717) is 17.6 Å². The van der Waals surface area contributed by atoms with Gasteiger partial charge in [0.25, 0.3) is 0 Å². The number of aryl methyl sites for hydroxylation is 1. The van der Waals surface area contributed by atoms with E-state index < -0.39 is 0 Å². The molecule has 0 fully saturated rings. The highest BCUT2D eigenvalue weighted by molar-refractivity contribution is 5.38. The maximum Gasteiger partial charge on any atom is 0.158 e. The zero-order chi connectivity index (χ0) is 26.4. The van der Waals surface area contributed by atoms with Crippen LogP contribution in [0.2, 0.25) is 0 Å². The first kappa shape index (κ1) is 27.3. The predicted octanol–water partition coefficient (Wildman–Crippen LogP) is 5.57. The van der Waals surface area contributed by atoms with Gasteiger partial charge in [-0.2, -0.15) is 0 Å². The Morgan fingerprint density at radius 3 is 2.27 bits per heavy atom. The van der Waals surface area contributed by atoms with Crippen molar-refractivity contribution in [1.82, 2.24) is 9.80 Å². The minimum Gasteiger partial charge on any atom is -0.508 e. The van der Waals surface area contributed by atoms with Gasteiger partial charge < -0.3 is 19.5 Å². The minimum absolute atomic E-state index is 0.223. The molecule has 2 unspecified atom stereocenters. The summed E-state index contributed by atoms with van der Waals surface area (Å²) in [5.74, 6) is 2.83. The van der Waals surface area contributed by atoms with Gasteiger partial charge in [0.2, 0.25) is 0 Å². The first-order valence-corrected chi connectivity index (χ1v) is 13.8. The number of nitrogens with zero attached hydrogens (tertiary/aromatic N) is 2. The molecule has 0 heterocycles. The Labute approximate surface area is 223 Å². The van der Waals surface area contributed by atoms with Crippen LogP contribution in [0.3, 0.4) is 0 Å². The number of benzene rings is 2. The Morgan fingerprint density at radius 2 is 1.59 bits per heavy atom. The largest absolute Gasteiger partial charge is 0.508 e. The van der Waals surface area contributed by atoms with Gasteiger partial charge in [-0.25, -0.2) is 0 Å². The summed E-state index contributed by atoms with van der Waals surface area (Å²) in [4.78, 5) is 4.92. The summed E-state index contributed by atoms with van der Waals surface area (Å²) in [6.45, 7) is 8.46. The summed E-state index contributed by atoms with van der Waals surface area (Å²) >= 11 is 0. The van der Waals surface area contributed by atoms with Gasteiger partial charge in [0.05, 0.1) is 14.2 Å². The summed E-state index contributed by atoms with van der Waals surface area (Å²) < 4.78 is 11.5. The van der Waals surface area contributed by atoms with Crippen molar-refractivity contribution in [2.45, 2.75) is 52.1 Å². The van der Waals surface area contributed by atoms with Gasteiger partial charge in [-0.15, -0.1) is 0 Å². The molecule has 0 saturated carbocycles. The molecule has 37 heavy (non-hydrogen) atoms. The quantitative estimate of drug-likeness (QED) is 0.433. The second-order valence-electron chi connectivity index (χ2n) is 10.5. The number of fused-ring (bicyclic) bond motifs is 1. The highest BCUT2D eigenvalue weighted by atomic mass is 16.5. The first-order valence-electron chi connectivity index (χ1n) is 13.8. The van der Waals surface area contributed by atoms with Gasteiger partial charge in [0.15, 0.2) is 11.5 Å². The fourth-order valence-electron chi connectivity index (χ4n) is 5.86. The third-order valence-electron chi connectivity index (χ3n) is 8.30. The van der Waals surface area contributed by atoms with Gasteiger partial charge in [0, 0.05) is 25.0 Å². The summed E-state index contributed by atoms with van der Waals surface area (Å²) in [7, 11) is 5.63. The number of aromatic hydroxyl groups is 1. The maximum atomic E-state index is 9.94. The molecule has 0 saturated heterocycles. The number of hydrogen-bond acceptors (Lipinski definition) is 5. The van der Waals surface area contributed by atoms with Crippen LogP contribution in [-0.2, 0) is 35.3 Å². The molecule has 0 aliphatic heterocycles. The van der Waals surface area contributed by atoms with Crippen LogP contribution in [0, 0.1) is 11.8 Å². The summed E-state index contributed by atoms with van der Waals surface area (Å²) in [5.41, 5.74) is 5.37. The molecule has 2 aliphatic rings. The highest BCUT2D eigenvalue weighted by Gasteiger charge is 2.36. The number of rotatable bonds is 11. The van der Waals surface area contributed by atoms with E-state index in [1.165, 1.54) is 22.3 Å². The van der Waals surface area contributed by atoms with E-state index in [-0.39, 0.29) is 6.04 Å². The zero-order valence-electron chi connectivity index (χ0n) is 23.2. The molecule has 0 radical (unpaired) electrons. The Kier molecular flexibility index (Phi) is 9.33. The standard InChI is InChI=1S/C32H44N2O3/c1-6-33(3)17-16-23-8-10-24(11-9-23)22-34(7-2)30-21-32(37-5)31(36-4)20-29(30)27-13-12-26-19-28(35)15-14-25(26)18-27/h8-11,14-15,19-21,27,29-30,35H,6-7,12-13,16-18,22H2,1-5H3/t27-,29?,30?/m1/s1. The zero-order valence-corrected chi connectivity index (χ0v) is 23.2. The molecular weight excluding hydrogens is 460 g/mol. The van der Waals surface area contributed by atoms with E-state index in [1.807, 2.05) is 12.1 Å². The Bertz CT molecular complexity index is 1090. The topological polar surface area (TPSA) is 45.2 Å². The molecule has 5 nitrogen and oxygen atoms in total. The van der Waals surface area contributed by atoms with E-state index in [4.69, 9.17) is 9.47 Å². The lowest BCUT2D eigenvalue weighted by atomic mass is 9.72. The fraction of sp³-hybridized carbons (Fsp3) is 0.500. The molecule has 1 N–H and O–H groups in total. The molecule has 2 aromatic carbocycles. The number of ether oxygens (including phenoxy) is 2. The van der Waals surface area contributed by atoms with Crippen molar-refractivity contribution in [2.24, 2.45) is 11.8 Å². The van der Waals surface area contributed by atoms with Gasteiger partial charge >= 0.3 is 0 Å². The van der Waals surface area contributed by atoms with Crippen molar-refractivity contribution >= 4 is 0 Å². The Balaban J connectivity index is 1.54. The molecule has 0 aromatic heterocycles. The Morgan fingerprint density at radius 1 is 0.892 bits per heavy atom. The van der Waals surface area contributed by atoms with Gasteiger partial charge in [-0.05, 0) is 98.3 Å². The number of likely N-dealkylation sites (N-methyl/N-ethyl adjacent to an activating group) is 2. The van der Waals surface area contributed by atoms with Crippen molar-refractivity contribution in [3.05, 3.63) is 88.4 Å². The third-order valence-corrected chi connectivity index (χ3v) is 8.30. The second-order valence-corrected chi connectivity index (χ2v) is 10.5. The van der Waals surface area contributed by atoms with Crippen molar-refractivity contribution in [3.8, 4) is 5.75 Å². The number of phenols is 1. The maximum absolute atomic E-state index is 9.94. The lowest BCUT2D eigenvalue weighted by molar-refractivity contribution is 0.132. The van der Waals surface area contributed by atoms with Crippen LogP contribution in [0.25, 0.3) is 0 Å². The Hall–Kier alpha value is -2.76. The fourth-order valence-corrected chi connectivity index (χ4v) is 5.86. The summed E-state index contributed by atoms with van der Waals surface area (Å²) in [5, 5.41) is 9.94. The average molecular weight is 505 g/mol. The second kappa shape index (κ2) is 12.7. The van der Waals surface area contributed by atoms with Crippen LogP contribution in [0.4, 0.5) is 0 Å². The van der Waals surface area contributed by atoms with Gasteiger partial charge in [0.1, 0.15) is 5.75 Å². The average Bonchev–Trinajstić information content (AvgIpc) is 2.94. The first-order chi connectivity index (χ1) is 17.9. The molecule has 0 spiro atoms. The third kappa shape index (κ3) is 6.58. The lowest BCUT2D eigenvalue weighted by Gasteiger charge is -2.41. The monoisotopic (exact) mass is 504 g/mol. The van der Waals surface area contributed by atoms with E-state index in [0.717, 1.165) is 63.4 Å². The van der Waals surface area contributed by atoms with Crippen molar-refractivity contribution < 1.29 is 14.6 Å². The molecule has 2 aromatic rings. The molecule has 0 bridgehead atoms. The molecular formula is C32H44N2O3. The van der Waals surface area contributed by atoms with E-state index in [1.54, 1.807) is 14.2 Å².